The minimum absolute atomic E-state index is 0.0462. The van der Waals surface area contributed by atoms with Crippen LogP contribution in [0.4, 0.5) is 0 Å². The Labute approximate surface area is 172 Å². The molecule has 0 spiro atoms. The van der Waals surface area contributed by atoms with E-state index in [9.17, 15) is 9.59 Å². The van der Waals surface area contributed by atoms with Crippen LogP contribution in [0.15, 0.2) is 32.6 Å². The first kappa shape index (κ1) is 20.4. The van der Waals surface area contributed by atoms with Gasteiger partial charge in [-0.1, -0.05) is 41.5 Å². The minimum atomic E-state index is -0.263. The SMILES string of the molecule is CC(C)Cn1c(SC(C)C(=O)N2CCCCC2)nc2ccc(Br)cc2c1=O. The molecule has 1 amide bonds. The van der Waals surface area contributed by atoms with Crippen LogP contribution in [0.5, 0.6) is 0 Å². The molecule has 2 heterocycles. The van der Waals surface area contributed by atoms with Gasteiger partial charge in [-0.15, -0.1) is 0 Å². The fourth-order valence-corrected chi connectivity index (χ4v) is 4.73. The topological polar surface area (TPSA) is 55.2 Å². The third kappa shape index (κ3) is 4.74. The van der Waals surface area contributed by atoms with Crippen molar-refractivity contribution < 1.29 is 4.79 Å². The van der Waals surface area contributed by atoms with E-state index in [2.05, 4.69) is 29.8 Å². The summed E-state index contributed by atoms with van der Waals surface area (Å²) in [5.41, 5.74) is 0.624. The van der Waals surface area contributed by atoms with Crippen LogP contribution in [-0.2, 0) is 11.3 Å². The molecule has 7 heteroatoms. The molecule has 1 aliphatic heterocycles. The highest BCUT2D eigenvalue weighted by Crippen LogP contribution is 2.26. The van der Waals surface area contributed by atoms with Gasteiger partial charge in [0.2, 0.25) is 5.91 Å². The normalized spacial score (nSPS) is 16.1. The third-order valence-electron chi connectivity index (χ3n) is 4.73. The fourth-order valence-electron chi connectivity index (χ4n) is 3.37. The summed E-state index contributed by atoms with van der Waals surface area (Å²) in [5.74, 6) is 0.447. The predicted octanol–water partition coefficient (Wildman–Crippen LogP) is 4.31. The number of hydrogen-bond acceptors (Lipinski definition) is 4. The van der Waals surface area contributed by atoms with Gasteiger partial charge in [0.25, 0.3) is 5.56 Å². The Kier molecular flexibility index (Phi) is 6.63. The van der Waals surface area contributed by atoms with Gasteiger partial charge in [-0.2, -0.15) is 0 Å². The van der Waals surface area contributed by atoms with Gasteiger partial charge in [0.05, 0.1) is 16.2 Å². The lowest BCUT2D eigenvalue weighted by Gasteiger charge is -2.29. The average molecular weight is 452 g/mol. The van der Waals surface area contributed by atoms with E-state index in [4.69, 9.17) is 4.98 Å². The lowest BCUT2D eigenvalue weighted by atomic mass is 10.1. The van der Waals surface area contributed by atoms with Crippen molar-refractivity contribution >= 4 is 44.5 Å². The van der Waals surface area contributed by atoms with Gasteiger partial charge in [-0.25, -0.2) is 4.98 Å². The number of rotatable bonds is 5. The van der Waals surface area contributed by atoms with Gasteiger partial charge in [-0.3, -0.25) is 14.2 Å². The van der Waals surface area contributed by atoms with E-state index in [0.717, 1.165) is 30.4 Å². The summed E-state index contributed by atoms with van der Waals surface area (Å²) in [6.07, 6.45) is 3.34. The van der Waals surface area contributed by atoms with Gasteiger partial charge < -0.3 is 4.90 Å². The standard InChI is InChI=1S/C20H26BrN3O2S/c1-13(2)12-24-19(26)16-11-15(21)7-8-17(16)22-20(24)27-14(3)18(25)23-9-5-4-6-10-23/h7-8,11,13-14H,4-6,9-10,12H2,1-3H3. The maximum Gasteiger partial charge on any atom is 0.262 e. The predicted molar refractivity (Wildman–Crippen MR) is 114 cm³/mol. The Balaban J connectivity index is 1.95. The van der Waals surface area contributed by atoms with Crippen LogP contribution in [-0.4, -0.2) is 38.7 Å². The smallest absolute Gasteiger partial charge is 0.262 e. The summed E-state index contributed by atoms with van der Waals surface area (Å²) < 4.78 is 2.59. The second kappa shape index (κ2) is 8.78. The van der Waals surface area contributed by atoms with Gasteiger partial charge in [0.1, 0.15) is 0 Å². The first-order valence-corrected chi connectivity index (χ1v) is 11.2. The number of hydrogen-bond donors (Lipinski definition) is 0. The van der Waals surface area contributed by atoms with E-state index in [0.29, 0.717) is 28.5 Å². The van der Waals surface area contributed by atoms with Crippen molar-refractivity contribution in [1.82, 2.24) is 14.5 Å². The lowest BCUT2D eigenvalue weighted by molar-refractivity contribution is -0.131. The third-order valence-corrected chi connectivity index (χ3v) is 6.30. The molecule has 0 saturated carbocycles. The van der Waals surface area contributed by atoms with Crippen LogP contribution in [0.2, 0.25) is 0 Å². The van der Waals surface area contributed by atoms with E-state index in [1.54, 1.807) is 4.57 Å². The quantitative estimate of drug-likeness (QED) is 0.501. The number of carbonyl (C=O) groups is 1. The zero-order valence-electron chi connectivity index (χ0n) is 16.1. The number of aromatic nitrogens is 2. The number of benzene rings is 1. The van der Waals surface area contributed by atoms with E-state index < -0.39 is 0 Å². The van der Waals surface area contributed by atoms with Crippen LogP contribution in [0.1, 0.15) is 40.0 Å². The summed E-state index contributed by atoms with van der Waals surface area (Å²) in [5, 5.41) is 0.965. The Morgan fingerprint density at radius 3 is 2.59 bits per heavy atom. The van der Waals surface area contributed by atoms with Gasteiger partial charge in [0, 0.05) is 24.1 Å². The second-order valence-electron chi connectivity index (χ2n) is 7.51. The molecule has 146 valence electrons. The highest BCUT2D eigenvalue weighted by molar-refractivity contribution is 9.10. The van der Waals surface area contributed by atoms with E-state index in [-0.39, 0.29) is 16.7 Å². The number of likely N-dealkylation sites (tertiary alicyclic amines) is 1. The molecule has 1 atom stereocenters. The summed E-state index contributed by atoms with van der Waals surface area (Å²) in [7, 11) is 0. The molecule has 0 radical (unpaired) electrons. The summed E-state index contributed by atoms with van der Waals surface area (Å²) in [6.45, 7) is 8.33. The summed E-state index contributed by atoms with van der Waals surface area (Å²) in [6, 6.07) is 5.55. The van der Waals surface area contributed by atoms with Crippen LogP contribution < -0.4 is 5.56 Å². The van der Waals surface area contributed by atoms with Gasteiger partial charge >= 0.3 is 0 Å². The second-order valence-corrected chi connectivity index (χ2v) is 9.74. The molecule has 1 aromatic heterocycles. The van der Waals surface area contributed by atoms with Crippen molar-refractivity contribution in [3.8, 4) is 0 Å². The Morgan fingerprint density at radius 2 is 1.93 bits per heavy atom. The average Bonchev–Trinajstić information content (AvgIpc) is 2.65. The molecule has 1 aromatic carbocycles. The van der Waals surface area contributed by atoms with E-state index in [1.165, 1.54) is 18.2 Å². The Hall–Kier alpha value is -1.34. The lowest BCUT2D eigenvalue weighted by Crippen LogP contribution is -2.40. The monoisotopic (exact) mass is 451 g/mol. The Bertz CT molecular complexity index is 891. The molecule has 1 fully saturated rings. The summed E-state index contributed by atoms with van der Waals surface area (Å²) >= 11 is 4.83. The van der Waals surface area contributed by atoms with Crippen LogP contribution in [0.25, 0.3) is 10.9 Å². The van der Waals surface area contributed by atoms with Gasteiger partial charge in [0.15, 0.2) is 5.16 Å². The Morgan fingerprint density at radius 1 is 1.22 bits per heavy atom. The zero-order valence-corrected chi connectivity index (χ0v) is 18.5. The number of carbonyl (C=O) groups excluding carboxylic acids is 1. The number of halogens is 1. The maximum absolute atomic E-state index is 13.1. The molecule has 0 aliphatic carbocycles. The largest absolute Gasteiger partial charge is 0.342 e. The first-order valence-electron chi connectivity index (χ1n) is 9.52. The molecule has 3 rings (SSSR count). The molecule has 2 aromatic rings. The number of amides is 1. The minimum Gasteiger partial charge on any atom is -0.342 e. The van der Waals surface area contributed by atoms with E-state index in [1.807, 2.05) is 30.0 Å². The van der Waals surface area contributed by atoms with Crippen molar-refractivity contribution in [1.29, 1.82) is 0 Å². The molecule has 5 nitrogen and oxygen atoms in total. The number of thioether (sulfide) groups is 1. The van der Waals surface area contributed by atoms with Gasteiger partial charge in [-0.05, 0) is 50.3 Å². The van der Waals surface area contributed by atoms with Crippen molar-refractivity contribution in [2.45, 2.75) is 57.0 Å². The highest BCUT2D eigenvalue weighted by Gasteiger charge is 2.25. The van der Waals surface area contributed by atoms with Crippen LogP contribution >= 0.6 is 27.7 Å². The van der Waals surface area contributed by atoms with Crippen LogP contribution in [0, 0.1) is 5.92 Å². The van der Waals surface area contributed by atoms with Crippen LogP contribution in [0.3, 0.4) is 0 Å². The molecular weight excluding hydrogens is 426 g/mol. The fraction of sp³-hybridized carbons (Fsp3) is 0.550. The summed E-state index contributed by atoms with van der Waals surface area (Å²) in [4.78, 5) is 32.6. The first-order chi connectivity index (χ1) is 12.9. The molecule has 1 unspecified atom stereocenters. The zero-order chi connectivity index (χ0) is 19.6. The van der Waals surface area contributed by atoms with Crippen molar-refractivity contribution in [3.05, 3.63) is 33.0 Å². The maximum atomic E-state index is 13.1. The highest BCUT2D eigenvalue weighted by atomic mass is 79.9. The van der Waals surface area contributed by atoms with Crippen molar-refractivity contribution in [2.24, 2.45) is 5.92 Å². The molecule has 0 bridgehead atoms. The molecule has 27 heavy (non-hydrogen) atoms. The number of fused-ring (bicyclic) bond motifs is 1. The molecule has 1 saturated heterocycles. The van der Waals surface area contributed by atoms with E-state index >= 15 is 0 Å². The van der Waals surface area contributed by atoms with Crippen molar-refractivity contribution in [3.63, 3.8) is 0 Å². The number of nitrogens with zero attached hydrogens (tertiary/aromatic N) is 3. The molecular formula is C20H26BrN3O2S. The van der Waals surface area contributed by atoms with Crippen molar-refractivity contribution in [2.75, 3.05) is 13.1 Å². The molecule has 0 N–H and O–H groups in total. The molecule has 1 aliphatic rings. The number of piperidine rings is 1.